The first kappa shape index (κ1) is 23.6. The van der Waals surface area contributed by atoms with Crippen LogP contribution >= 0.6 is 0 Å². The maximum atomic E-state index is 4.63. The van der Waals surface area contributed by atoms with Gasteiger partial charge in [0.1, 0.15) is 11.6 Å². The highest BCUT2D eigenvalue weighted by atomic mass is 15.0. The molecule has 1 saturated heterocycles. The van der Waals surface area contributed by atoms with Crippen molar-refractivity contribution in [2.24, 2.45) is 0 Å². The lowest BCUT2D eigenvalue weighted by molar-refractivity contribution is 0.613. The number of aromatic amines is 2. The molecule has 1 aliphatic rings. The molecule has 3 aromatic carbocycles. The number of H-pyrrole nitrogens is 2. The summed E-state index contributed by atoms with van der Waals surface area (Å²) in [6.07, 6.45) is 8.63. The third-order valence-electron chi connectivity index (χ3n) is 7.29. The van der Waals surface area contributed by atoms with Crippen LogP contribution in [0.15, 0.2) is 73.1 Å². The van der Waals surface area contributed by atoms with E-state index in [1.165, 1.54) is 46.7 Å². The molecule has 0 radical (unpaired) electrons. The molecule has 3 heterocycles. The van der Waals surface area contributed by atoms with Crippen LogP contribution in [0.3, 0.4) is 0 Å². The number of unbranched alkanes of at least 4 members (excludes halogenated alkanes) is 1. The standard InChI is InChI=1S/C31H34N6/c1-2-3-14-32-20-30-34-18-28(36-30)22-8-6-21(7-9-22)23-10-11-25-17-26(13-12-24(25)16-23)29-19-35-31(37-29)27-5-4-15-33-27/h6-13,16-19,27,32-33H,2-5,14-15,20H2,1H3,(H,34,36)(H,35,37). The zero-order valence-electron chi connectivity index (χ0n) is 21.3. The highest BCUT2D eigenvalue weighted by Gasteiger charge is 2.19. The largest absolute Gasteiger partial charge is 0.341 e. The molecule has 6 rings (SSSR count). The van der Waals surface area contributed by atoms with E-state index in [-0.39, 0.29) is 0 Å². The molecule has 37 heavy (non-hydrogen) atoms. The molecule has 0 amide bonds. The predicted molar refractivity (Wildman–Crippen MR) is 151 cm³/mol. The van der Waals surface area contributed by atoms with Crippen molar-refractivity contribution in [2.45, 2.75) is 45.2 Å². The van der Waals surface area contributed by atoms with Gasteiger partial charge in [0, 0.05) is 5.56 Å². The van der Waals surface area contributed by atoms with E-state index in [4.69, 9.17) is 0 Å². The summed E-state index contributed by atoms with van der Waals surface area (Å²) in [5.41, 5.74) is 6.86. The maximum Gasteiger partial charge on any atom is 0.123 e. The summed E-state index contributed by atoms with van der Waals surface area (Å²) in [5, 5.41) is 9.41. The fraction of sp³-hybridized carbons (Fsp3) is 0.290. The molecular weight excluding hydrogens is 456 g/mol. The van der Waals surface area contributed by atoms with Gasteiger partial charge in [0.25, 0.3) is 0 Å². The molecule has 0 aliphatic carbocycles. The number of aromatic nitrogens is 4. The maximum absolute atomic E-state index is 4.63. The highest BCUT2D eigenvalue weighted by Crippen LogP contribution is 2.30. The summed E-state index contributed by atoms with van der Waals surface area (Å²) < 4.78 is 0. The average Bonchev–Trinajstić information content (AvgIpc) is 3.73. The Morgan fingerprint density at radius 1 is 0.811 bits per heavy atom. The molecule has 4 N–H and O–H groups in total. The van der Waals surface area contributed by atoms with Gasteiger partial charge in [0.05, 0.1) is 36.4 Å². The Labute approximate surface area is 218 Å². The number of nitrogens with one attached hydrogen (secondary N) is 4. The van der Waals surface area contributed by atoms with E-state index in [1.54, 1.807) is 0 Å². The van der Waals surface area contributed by atoms with Crippen molar-refractivity contribution in [3.05, 3.63) is 84.7 Å². The first-order valence-corrected chi connectivity index (χ1v) is 13.4. The van der Waals surface area contributed by atoms with Crippen molar-refractivity contribution in [2.75, 3.05) is 13.1 Å². The second kappa shape index (κ2) is 10.7. The molecule has 6 heteroatoms. The molecule has 2 aromatic heterocycles. The minimum absolute atomic E-state index is 0.353. The fourth-order valence-corrected chi connectivity index (χ4v) is 5.12. The average molecular weight is 491 g/mol. The number of hydrogen-bond donors (Lipinski definition) is 4. The normalized spacial score (nSPS) is 15.5. The van der Waals surface area contributed by atoms with Crippen molar-refractivity contribution < 1.29 is 0 Å². The lowest BCUT2D eigenvalue weighted by Gasteiger charge is -2.08. The third kappa shape index (κ3) is 5.22. The van der Waals surface area contributed by atoms with Crippen molar-refractivity contribution in [1.29, 1.82) is 0 Å². The van der Waals surface area contributed by atoms with Gasteiger partial charge in [-0.1, -0.05) is 61.9 Å². The van der Waals surface area contributed by atoms with Gasteiger partial charge in [-0.3, -0.25) is 0 Å². The van der Waals surface area contributed by atoms with Crippen LogP contribution in [-0.2, 0) is 6.54 Å². The SMILES string of the molecule is CCCCNCc1ncc(-c2ccc(-c3ccc4cc(-c5cnc(C6CCCN6)[nH]5)ccc4c3)cc2)[nH]1. The Hall–Kier alpha value is -3.74. The van der Waals surface area contributed by atoms with Crippen LogP contribution in [0.25, 0.3) is 44.4 Å². The summed E-state index contributed by atoms with van der Waals surface area (Å²) in [6.45, 7) is 5.08. The van der Waals surface area contributed by atoms with Gasteiger partial charge in [0.15, 0.2) is 0 Å². The molecule has 5 aromatic rings. The molecule has 1 fully saturated rings. The lowest BCUT2D eigenvalue weighted by Crippen LogP contribution is -2.15. The van der Waals surface area contributed by atoms with Crippen LogP contribution in [0, 0.1) is 0 Å². The zero-order chi connectivity index (χ0) is 25.0. The van der Waals surface area contributed by atoms with E-state index in [0.717, 1.165) is 54.7 Å². The van der Waals surface area contributed by atoms with Gasteiger partial charge in [-0.15, -0.1) is 0 Å². The van der Waals surface area contributed by atoms with E-state index in [9.17, 15) is 0 Å². The van der Waals surface area contributed by atoms with E-state index >= 15 is 0 Å². The topological polar surface area (TPSA) is 81.4 Å². The van der Waals surface area contributed by atoms with Gasteiger partial charge in [-0.05, 0) is 71.9 Å². The van der Waals surface area contributed by atoms with Gasteiger partial charge in [-0.25, -0.2) is 9.97 Å². The van der Waals surface area contributed by atoms with Crippen LogP contribution in [-0.4, -0.2) is 33.0 Å². The Balaban J connectivity index is 1.16. The zero-order valence-corrected chi connectivity index (χ0v) is 21.3. The number of imidazole rings is 2. The van der Waals surface area contributed by atoms with E-state index in [1.807, 2.05) is 12.4 Å². The molecule has 0 bridgehead atoms. The monoisotopic (exact) mass is 490 g/mol. The quantitative estimate of drug-likeness (QED) is 0.175. The van der Waals surface area contributed by atoms with Crippen LogP contribution in [0.2, 0.25) is 0 Å². The van der Waals surface area contributed by atoms with Crippen LogP contribution in [0.4, 0.5) is 0 Å². The van der Waals surface area contributed by atoms with Gasteiger partial charge in [0.2, 0.25) is 0 Å². The van der Waals surface area contributed by atoms with E-state index in [0.29, 0.717) is 6.04 Å². The molecule has 188 valence electrons. The van der Waals surface area contributed by atoms with Crippen LogP contribution < -0.4 is 10.6 Å². The molecule has 6 nitrogen and oxygen atoms in total. The van der Waals surface area contributed by atoms with Gasteiger partial charge in [-0.2, -0.15) is 0 Å². The van der Waals surface area contributed by atoms with Crippen molar-refractivity contribution in [1.82, 2.24) is 30.6 Å². The van der Waals surface area contributed by atoms with Crippen molar-refractivity contribution in [3.8, 4) is 33.6 Å². The van der Waals surface area contributed by atoms with Crippen LogP contribution in [0.5, 0.6) is 0 Å². The molecule has 0 saturated carbocycles. The van der Waals surface area contributed by atoms with Gasteiger partial charge < -0.3 is 20.6 Å². The molecular formula is C31H34N6. The fourth-order valence-electron chi connectivity index (χ4n) is 5.12. The third-order valence-corrected chi connectivity index (χ3v) is 7.29. The van der Waals surface area contributed by atoms with Gasteiger partial charge >= 0.3 is 0 Å². The first-order chi connectivity index (χ1) is 18.3. The van der Waals surface area contributed by atoms with Crippen molar-refractivity contribution >= 4 is 10.8 Å². The number of rotatable bonds is 9. The summed E-state index contributed by atoms with van der Waals surface area (Å²) in [5.74, 6) is 2.02. The first-order valence-electron chi connectivity index (χ1n) is 13.4. The number of nitrogens with zero attached hydrogens (tertiary/aromatic N) is 2. The summed E-state index contributed by atoms with van der Waals surface area (Å²) in [7, 11) is 0. The van der Waals surface area contributed by atoms with Crippen molar-refractivity contribution in [3.63, 3.8) is 0 Å². The number of hydrogen-bond acceptors (Lipinski definition) is 4. The Morgan fingerprint density at radius 3 is 2.30 bits per heavy atom. The Morgan fingerprint density at radius 2 is 1.51 bits per heavy atom. The molecule has 1 aliphatic heterocycles. The minimum Gasteiger partial charge on any atom is -0.341 e. The smallest absolute Gasteiger partial charge is 0.123 e. The molecule has 1 atom stereocenters. The van der Waals surface area contributed by atoms with E-state index < -0.39 is 0 Å². The minimum atomic E-state index is 0.353. The Kier molecular flexibility index (Phi) is 6.84. The summed E-state index contributed by atoms with van der Waals surface area (Å²) >= 11 is 0. The summed E-state index contributed by atoms with van der Waals surface area (Å²) in [6, 6.07) is 22.4. The van der Waals surface area contributed by atoms with E-state index in [2.05, 4.69) is 98.2 Å². The number of fused-ring (bicyclic) bond motifs is 1. The molecule has 0 spiro atoms. The van der Waals surface area contributed by atoms with Crippen LogP contribution in [0.1, 0.15) is 50.3 Å². The lowest BCUT2D eigenvalue weighted by atomic mass is 9.98. The predicted octanol–water partition coefficient (Wildman–Crippen LogP) is 6.60. The second-order valence-electron chi connectivity index (χ2n) is 9.96. The second-order valence-corrected chi connectivity index (χ2v) is 9.96. The Bertz CT molecular complexity index is 1470. The summed E-state index contributed by atoms with van der Waals surface area (Å²) in [4.78, 5) is 16.1. The molecule has 1 unspecified atom stereocenters. The highest BCUT2D eigenvalue weighted by molar-refractivity contribution is 5.90. The number of benzene rings is 3.